The summed E-state index contributed by atoms with van der Waals surface area (Å²) in [4.78, 5) is 26.5. The quantitative estimate of drug-likeness (QED) is 0.771. The zero-order chi connectivity index (χ0) is 17.3. The average Bonchev–Trinajstić information content (AvgIpc) is 2.53. The maximum absolute atomic E-state index is 13.7. The van der Waals surface area contributed by atoms with Crippen LogP contribution in [0.5, 0.6) is 0 Å². The number of carbonyl (C=O) groups excluding carboxylic acids is 1. The van der Waals surface area contributed by atoms with Gasteiger partial charge < -0.3 is 10.3 Å². The minimum Gasteiger partial charge on any atom is -0.322 e. The predicted molar refractivity (Wildman–Crippen MR) is 88.3 cm³/mol. The Morgan fingerprint density at radius 2 is 1.83 bits per heavy atom. The summed E-state index contributed by atoms with van der Waals surface area (Å²) in [6.45, 7) is 1.94. The summed E-state index contributed by atoms with van der Waals surface area (Å²) in [5, 5.41) is 3.30. The average molecular weight is 328 g/mol. The number of hydrogen-bond acceptors (Lipinski definition) is 2. The largest absolute Gasteiger partial charge is 0.322 e. The number of amides is 1. The molecule has 0 aliphatic heterocycles. The van der Waals surface area contributed by atoms with Gasteiger partial charge in [-0.25, -0.2) is 8.78 Å². The van der Waals surface area contributed by atoms with Crippen LogP contribution in [0.4, 0.5) is 14.5 Å². The molecule has 0 fully saturated rings. The number of aromatic nitrogens is 1. The monoisotopic (exact) mass is 328 g/mol. The fourth-order valence-electron chi connectivity index (χ4n) is 2.61. The van der Waals surface area contributed by atoms with Gasteiger partial charge in [0.15, 0.2) is 0 Å². The minimum absolute atomic E-state index is 0.247. The van der Waals surface area contributed by atoms with Crippen molar-refractivity contribution in [1.29, 1.82) is 0 Å². The number of aromatic amines is 1. The van der Waals surface area contributed by atoms with Crippen molar-refractivity contribution in [3.63, 3.8) is 0 Å². The summed E-state index contributed by atoms with van der Waals surface area (Å²) in [5.41, 5.74) is 0.869. The van der Waals surface area contributed by atoms with Crippen LogP contribution >= 0.6 is 0 Å². The van der Waals surface area contributed by atoms with Gasteiger partial charge in [0.1, 0.15) is 17.2 Å². The summed E-state index contributed by atoms with van der Waals surface area (Å²) < 4.78 is 27.3. The van der Waals surface area contributed by atoms with E-state index in [9.17, 15) is 18.4 Å². The van der Waals surface area contributed by atoms with Crippen molar-refractivity contribution in [2.45, 2.75) is 13.3 Å². The van der Waals surface area contributed by atoms with Crippen molar-refractivity contribution < 1.29 is 13.6 Å². The first kappa shape index (κ1) is 15.9. The number of pyridine rings is 1. The summed E-state index contributed by atoms with van der Waals surface area (Å²) in [7, 11) is 0. The van der Waals surface area contributed by atoms with Gasteiger partial charge in [0, 0.05) is 17.1 Å². The highest BCUT2D eigenvalue weighted by atomic mass is 19.1. The molecule has 122 valence electrons. The summed E-state index contributed by atoms with van der Waals surface area (Å²) in [5.74, 6) is -2.76. The molecular weight excluding hydrogens is 314 g/mol. The van der Waals surface area contributed by atoms with E-state index >= 15 is 0 Å². The fraction of sp³-hybridized carbons (Fsp3) is 0.111. The van der Waals surface area contributed by atoms with E-state index < -0.39 is 23.1 Å². The molecule has 0 spiro atoms. The molecule has 0 saturated heterocycles. The van der Waals surface area contributed by atoms with Crippen LogP contribution in [0.15, 0.2) is 47.3 Å². The van der Waals surface area contributed by atoms with Gasteiger partial charge in [-0.1, -0.05) is 19.1 Å². The van der Waals surface area contributed by atoms with E-state index in [1.807, 2.05) is 6.92 Å². The van der Waals surface area contributed by atoms with Crippen molar-refractivity contribution in [1.82, 2.24) is 4.98 Å². The highest BCUT2D eigenvalue weighted by Crippen LogP contribution is 2.21. The molecule has 0 bridgehead atoms. The molecule has 0 aliphatic rings. The van der Waals surface area contributed by atoms with Gasteiger partial charge in [-0.2, -0.15) is 0 Å². The van der Waals surface area contributed by atoms with Crippen molar-refractivity contribution in [2.24, 2.45) is 0 Å². The Morgan fingerprint density at radius 1 is 1.12 bits per heavy atom. The Labute approximate surface area is 136 Å². The highest BCUT2D eigenvalue weighted by Gasteiger charge is 2.17. The van der Waals surface area contributed by atoms with Gasteiger partial charge in [-0.15, -0.1) is 0 Å². The maximum atomic E-state index is 13.7. The number of halogens is 2. The molecule has 4 nitrogen and oxygen atoms in total. The second-order valence-corrected chi connectivity index (χ2v) is 5.32. The topological polar surface area (TPSA) is 62.0 Å². The number of fused-ring (bicyclic) bond motifs is 1. The molecule has 0 aliphatic carbocycles. The Bertz CT molecular complexity index is 976. The second-order valence-electron chi connectivity index (χ2n) is 5.32. The van der Waals surface area contributed by atoms with E-state index in [1.165, 1.54) is 12.1 Å². The number of anilines is 1. The highest BCUT2D eigenvalue weighted by molar-refractivity contribution is 6.05. The molecule has 0 radical (unpaired) electrons. The number of hydrogen-bond donors (Lipinski definition) is 2. The third-order valence-electron chi connectivity index (χ3n) is 3.76. The van der Waals surface area contributed by atoms with Gasteiger partial charge in [0.05, 0.1) is 5.52 Å². The van der Waals surface area contributed by atoms with E-state index in [2.05, 4.69) is 10.3 Å². The van der Waals surface area contributed by atoms with Crippen molar-refractivity contribution >= 4 is 22.5 Å². The second kappa shape index (κ2) is 6.23. The first-order chi connectivity index (χ1) is 11.5. The molecule has 0 unspecified atom stereocenters. The molecule has 1 amide bonds. The van der Waals surface area contributed by atoms with E-state index in [0.29, 0.717) is 17.6 Å². The molecule has 2 N–H and O–H groups in total. The van der Waals surface area contributed by atoms with E-state index in [0.717, 1.165) is 23.1 Å². The number of benzene rings is 2. The lowest BCUT2D eigenvalue weighted by Gasteiger charge is -2.09. The van der Waals surface area contributed by atoms with Crippen molar-refractivity contribution in [2.75, 3.05) is 5.32 Å². The molecule has 0 atom stereocenters. The summed E-state index contributed by atoms with van der Waals surface area (Å²) in [6.07, 6.45) is 0.687. The van der Waals surface area contributed by atoms with Crippen molar-refractivity contribution in [3.8, 4) is 0 Å². The predicted octanol–water partition coefficient (Wildman–Crippen LogP) is 3.62. The Kier molecular flexibility index (Phi) is 4.12. The van der Waals surface area contributed by atoms with Gasteiger partial charge in [-0.3, -0.25) is 9.59 Å². The molecule has 3 aromatic rings. The Balaban J connectivity index is 1.99. The third kappa shape index (κ3) is 2.90. The van der Waals surface area contributed by atoms with E-state index in [-0.39, 0.29) is 5.56 Å². The smallest absolute Gasteiger partial charge is 0.261 e. The van der Waals surface area contributed by atoms with E-state index in [4.69, 9.17) is 0 Å². The molecule has 6 heteroatoms. The third-order valence-corrected chi connectivity index (χ3v) is 3.76. The van der Waals surface area contributed by atoms with Gasteiger partial charge in [0.25, 0.3) is 5.91 Å². The number of aryl methyl sites for hydroxylation is 1. The van der Waals surface area contributed by atoms with Crippen LogP contribution in [0.25, 0.3) is 10.9 Å². The van der Waals surface area contributed by atoms with Crippen molar-refractivity contribution in [3.05, 3.63) is 75.6 Å². The molecular formula is C18H14F2N2O2. The molecule has 3 rings (SSSR count). The van der Waals surface area contributed by atoms with Crippen LogP contribution in [-0.4, -0.2) is 10.9 Å². The molecule has 0 saturated carbocycles. The standard InChI is InChI=1S/C18H14F2N2O2/c1-2-10-8-16(23)22-15-9-11(6-7-12(10)15)21-18(24)17-13(19)4-3-5-14(17)20/h3-9H,2H2,1H3,(H,21,24)(H,22,23). The van der Waals surface area contributed by atoms with Crippen LogP contribution in [-0.2, 0) is 6.42 Å². The number of nitrogens with one attached hydrogen (secondary N) is 2. The first-order valence-electron chi connectivity index (χ1n) is 7.41. The lowest BCUT2D eigenvalue weighted by Crippen LogP contribution is -2.16. The molecule has 1 aromatic heterocycles. The lowest BCUT2D eigenvalue weighted by atomic mass is 10.1. The first-order valence-corrected chi connectivity index (χ1v) is 7.41. The summed E-state index contributed by atoms with van der Waals surface area (Å²) >= 11 is 0. The number of H-pyrrole nitrogens is 1. The molecule has 24 heavy (non-hydrogen) atoms. The zero-order valence-electron chi connectivity index (χ0n) is 12.8. The summed E-state index contributed by atoms with van der Waals surface area (Å²) in [6, 6.07) is 9.68. The molecule has 2 aromatic carbocycles. The fourth-order valence-corrected chi connectivity index (χ4v) is 2.61. The van der Waals surface area contributed by atoms with Crippen LogP contribution in [0, 0.1) is 11.6 Å². The Hall–Kier alpha value is -3.02. The number of rotatable bonds is 3. The van der Waals surface area contributed by atoms with Crippen LogP contribution in [0.2, 0.25) is 0 Å². The normalized spacial score (nSPS) is 10.8. The van der Waals surface area contributed by atoms with Crippen LogP contribution in [0.3, 0.4) is 0 Å². The van der Waals surface area contributed by atoms with Gasteiger partial charge in [-0.05, 0) is 36.2 Å². The van der Waals surface area contributed by atoms with Crippen LogP contribution in [0.1, 0.15) is 22.8 Å². The Morgan fingerprint density at radius 3 is 2.50 bits per heavy atom. The maximum Gasteiger partial charge on any atom is 0.261 e. The number of carbonyl (C=O) groups is 1. The van der Waals surface area contributed by atoms with Crippen LogP contribution < -0.4 is 10.9 Å². The van der Waals surface area contributed by atoms with Gasteiger partial charge >= 0.3 is 0 Å². The van der Waals surface area contributed by atoms with Gasteiger partial charge in [0.2, 0.25) is 5.56 Å². The zero-order valence-corrected chi connectivity index (χ0v) is 12.8. The van der Waals surface area contributed by atoms with E-state index in [1.54, 1.807) is 18.2 Å². The lowest BCUT2D eigenvalue weighted by molar-refractivity contribution is 0.101. The molecule has 1 heterocycles. The minimum atomic E-state index is -0.935. The SMILES string of the molecule is CCc1cc(=O)[nH]c2cc(NC(=O)c3c(F)cccc3F)ccc12.